The van der Waals surface area contributed by atoms with Gasteiger partial charge in [0, 0.05) is 5.69 Å². The van der Waals surface area contributed by atoms with E-state index >= 15 is 0 Å². The minimum Gasteiger partial charge on any atom is -0.493 e. The van der Waals surface area contributed by atoms with Crippen molar-refractivity contribution in [1.82, 2.24) is 10.6 Å². The van der Waals surface area contributed by atoms with Gasteiger partial charge in [-0.25, -0.2) is 4.79 Å². The lowest BCUT2D eigenvalue weighted by Crippen LogP contribution is -2.40. The summed E-state index contributed by atoms with van der Waals surface area (Å²) in [6, 6.07) is 13.2. The van der Waals surface area contributed by atoms with Crippen molar-refractivity contribution in [2.45, 2.75) is 12.5 Å². The van der Waals surface area contributed by atoms with E-state index in [1.807, 2.05) is 0 Å². The Morgan fingerprint density at radius 3 is 2.52 bits per heavy atom. The summed E-state index contributed by atoms with van der Waals surface area (Å²) < 4.78 is 10.7. The largest absolute Gasteiger partial charge is 0.493 e. The van der Waals surface area contributed by atoms with Crippen molar-refractivity contribution in [1.29, 1.82) is 0 Å². The number of rotatable bonds is 6. The number of imide groups is 1. The number of carbonyl (C=O) groups is 3. The van der Waals surface area contributed by atoms with E-state index in [0.717, 1.165) is 0 Å². The third-order valence-electron chi connectivity index (χ3n) is 4.20. The number of ether oxygens (including phenoxy) is 2. The summed E-state index contributed by atoms with van der Waals surface area (Å²) in [5, 5.41) is 7.50. The number of hydrogen-bond acceptors (Lipinski definition) is 5. The van der Waals surface area contributed by atoms with Crippen LogP contribution < -0.4 is 25.4 Å². The normalized spacial score (nSPS) is 18.4. The number of para-hydroxylation sites is 2. The molecule has 1 aliphatic heterocycles. The van der Waals surface area contributed by atoms with Crippen LogP contribution in [-0.2, 0) is 15.1 Å². The first-order valence-corrected chi connectivity index (χ1v) is 8.22. The molecule has 8 nitrogen and oxygen atoms in total. The van der Waals surface area contributed by atoms with Gasteiger partial charge in [0.25, 0.3) is 11.8 Å². The zero-order valence-corrected chi connectivity index (χ0v) is 14.9. The van der Waals surface area contributed by atoms with Crippen molar-refractivity contribution in [2.75, 3.05) is 19.0 Å². The van der Waals surface area contributed by atoms with Crippen molar-refractivity contribution in [3.8, 4) is 11.5 Å². The summed E-state index contributed by atoms with van der Waals surface area (Å²) >= 11 is 0. The van der Waals surface area contributed by atoms with Gasteiger partial charge in [0.1, 0.15) is 5.54 Å². The van der Waals surface area contributed by atoms with E-state index in [9.17, 15) is 14.4 Å². The Bertz CT molecular complexity index is 898. The van der Waals surface area contributed by atoms with Crippen LogP contribution in [0.25, 0.3) is 0 Å². The molecule has 0 aromatic heterocycles. The van der Waals surface area contributed by atoms with Crippen LogP contribution in [0.1, 0.15) is 12.5 Å². The molecular formula is C19H19N3O5. The van der Waals surface area contributed by atoms with Gasteiger partial charge in [0.15, 0.2) is 18.1 Å². The molecule has 27 heavy (non-hydrogen) atoms. The number of methoxy groups -OCH3 is 1. The number of amides is 4. The van der Waals surface area contributed by atoms with Gasteiger partial charge < -0.3 is 20.1 Å². The number of urea groups is 1. The van der Waals surface area contributed by atoms with Gasteiger partial charge >= 0.3 is 6.03 Å². The van der Waals surface area contributed by atoms with Gasteiger partial charge in [-0.1, -0.05) is 24.3 Å². The van der Waals surface area contributed by atoms with E-state index in [1.165, 1.54) is 7.11 Å². The lowest BCUT2D eigenvalue weighted by molar-refractivity contribution is -0.123. The van der Waals surface area contributed by atoms with E-state index in [1.54, 1.807) is 55.5 Å². The average molecular weight is 369 g/mol. The molecule has 1 saturated heterocycles. The molecule has 4 amide bonds. The topological polar surface area (TPSA) is 106 Å². The second-order valence-corrected chi connectivity index (χ2v) is 6.10. The number of nitrogens with one attached hydrogen (secondary N) is 3. The predicted molar refractivity (Wildman–Crippen MR) is 97.6 cm³/mol. The van der Waals surface area contributed by atoms with Gasteiger partial charge in [-0.05, 0) is 36.8 Å². The molecule has 0 saturated carbocycles. The SMILES string of the molecule is COc1ccccc1OCC(=O)Nc1cccc([C@@]2(C)NC(=O)NC2=O)c1. The van der Waals surface area contributed by atoms with Crippen molar-refractivity contribution >= 4 is 23.5 Å². The Labute approximate surface area is 155 Å². The smallest absolute Gasteiger partial charge is 0.322 e. The van der Waals surface area contributed by atoms with Crippen LogP contribution in [0.5, 0.6) is 11.5 Å². The molecule has 0 aliphatic carbocycles. The lowest BCUT2D eigenvalue weighted by atomic mass is 9.92. The molecule has 1 atom stereocenters. The fraction of sp³-hybridized carbons (Fsp3) is 0.211. The Hall–Kier alpha value is -3.55. The summed E-state index contributed by atoms with van der Waals surface area (Å²) in [5.41, 5.74) is -0.156. The Balaban J connectivity index is 1.67. The van der Waals surface area contributed by atoms with Gasteiger partial charge in [-0.2, -0.15) is 0 Å². The van der Waals surface area contributed by atoms with E-state index in [0.29, 0.717) is 22.7 Å². The number of carbonyl (C=O) groups excluding carboxylic acids is 3. The van der Waals surface area contributed by atoms with Gasteiger partial charge in [-0.3, -0.25) is 14.9 Å². The summed E-state index contributed by atoms with van der Waals surface area (Å²) in [4.78, 5) is 35.7. The van der Waals surface area contributed by atoms with Gasteiger partial charge in [0.2, 0.25) is 0 Å². The second-order valence-electron chi connectivity index (χ2n) is 6.10. The molecule has 140 valence electrons. The molecule has 8 heteroatoms. The maximum Gasteiger partial charge on any atom is 0.322 e. The maximum atomic E-state index is 12.2. The third-order valence-corrected chi connectivity index (χ3v) is 4.20. The van der Waals surface area contributed by atoms with Gasteiger partial charge in [-0.15, -0.1) is 0 Å². The van der Waals surface area contributed by atoms with Crippen molar-refractivity contribution in [3.05, 3.63) is 54.1 Å². The highest BCUT2D eigenvalue weighted by Gasteiger charge is 2.43. The molecule has 0 bridgehead atoms. The monoisotopic (exact) mass is 369 g/mol. The summed E-state index contributed by atoms with van der Waals surface area (Å²) in [5.74, 6) is 0.170. The molecule has 0 unspecified atom stereocenters. The van der Waals surface area contributed by atoms with Crippen LogP contribution in [0, 0.1) is 0 Å². The fourth-order valence-electron chi connectivity index (χ4n) is 2.73. The quantitative estimate of drug-likeness (QED) is 0.673. The molecular weight excluding hydrogens is 350 g/mol. The average Bonchev–Trinajstić information content (AvgIpc) is 2.93. The molecule has 0 spiro atoms. The third kappa shape index (κ3) is 3.84. The molecule has 3 rings (SSSR count). The first kappa shape index (κ1) is 18.2. The van der Waals surface area contributed by atoms with Crippen LogP contribution in [-0.4, -0.2) is 31.6 Å². The van der Waals surface area contributed by atoms with E-state index in [4.69, 9.17) is 9.47 Å². The van der Waals surface area contributed by atoms with Crippen molar-refractivity contribution in [2.24, 2.45) is 0 Å². The molecule has 2 aromatic carbocycles. The van der Waals surface area contributed by atoms with Crippen molar-refractivity contribution in [3.63, 3.8) is 0 Å². The molecule has 1 heterocycles. The van der Waals surface area contributed by atoms with Crippen LogP contribution in [0.2, 0.25) is 0 Å². The highest BCUT2D eigenvalue weighted by molar-refractivity contribution is 6.07. The van der Waals surface area contributed by atoms with Crippen LogP contribution in [0.3, 0.4) is 0 Å². The standard InChI is InChI=1S/C19H19N3O5/c1-19(17(24)21-18(25)22-19)12-6-5-7-13(10-12)20-16(23)11-27-15-9-4-3-8-14(15)26-2/h3-10H,11H2,1-2H3,(H,20,23)(H2,21,22,24,25)/t19-/m1/s1. The van der Waals surface area contributed by atoms with E-state index in [-0.39, 0.29) is 12.5 Å². The highest BCUT2D eigenvalue weighted by atomic mass is 16.5. The summed E-state index contributed by atoms with van der Waals surface area (Å²) in [6.45, 7) is 1.39. The lowest BCUT2D eigenvalue weighted by Gasteiger charge is -2.21. The first-order valence-electron chi connectivity index (χ1n) is 8.22. The van der Waals surface area contributed by atoms with E-state index < -0.39 is 17.5 Å². The number of anilines is 1. The molecule has 0 radical (unpaired) electrons. The predicted octanol–water partition coefficient (Wildman–Crippen LogP) is 1.77. The number of hydrogen-bond donors (Lipinski definition) is 3. The minimum atomic E-state index is -1.19. The summed E-state index contributed by atoms with van der Waals surface area (Å²) in [6.07, 6.45) is 0. The fourth-order valence-corrected chi connectivity index (χ4v) is 2.73. The Morgan fingerprint density at radius 1 is 1.11 bits per heavy atom. The Kier molecular flexibility index (Phi) is 4.98. The minimum absolute atomic E-state index is 0.209. The zero-order chi connectivity index (χ0) is 19.4. The van der Waals surface area contributed by atoms with E-state index in [2.05, 4.69) is 16.0 Å². The second kappa shape index (κ2) is 7.36. The van der Waals surface area contributed by atoms with Crippen LogP contribution in [0.4, 0.5) is 10.5 Å². The van der Waals surface area contributed by atoms with Crippen LogP contribution in [0.15, 0.2) is 48.5 Å². The van der Waals surface area contributed by atoms with Crippen molar-refractivity contribution < 1.29 is 23.9 Å². The summed E-state index contributed by atoms with van der Waals surface area (Å²) in [7, 11) is 1.52. The first-order chi connectivity index (χ1) is 12.9. The highest BCUT2D eigenvalue weighted by Crippen LogP contribution is 2.27. The maximum absolute atomic E-state index is 12.2. The molecule has 2 aromatic rings. The Morgan fingerprint density at radius 2 is 1.85 bits per heavy atom. The molecule has 3 N–H and O–H groups in total. The number of benzene rings is 2. The molecule has 1 fully saturated rings. The van der Waals surface area contributed by atoms with Gasteiger partial charge in [0.05, 0.1) is 7.11 Å². The molecule has 1 aliphatic rings. The van der Waals surface area contributed by atoms with Crippen LogP contribution >= 0.6 is 0 Å². The zero-order valence-electron chi connectivity index (χ0n) is 14.9.